The van der Waals surface area contributed by atoms with Crippen LogP contribution in [0.4, 0.5) is 0 Å². The van der Waals surface area contributed by atoms with Gasteiger partial charge in [-0.15, -0.1) is 0 Å². The van der Waals surface area contributed by atoms with Gasteiger partial charge in [-0.25, -0.2) is 0 Å². The highest BCUT2D eigenvalue weighted by Gasteiger charge is 2.19. The van der Waals surface area contributed by atoms with Crippen molar-refractivity contribution in [3.05, 3.63) is 133 Å². The van der Waals surface area contributed by atoms with Gasteiger partial charge in [0.25, 0.3) is 0 Å². The van der Waals surface area contributed by atoms with Crippen LogP contribution in [-0.4, -0.2) is 9.13 Å². The molecule has 190 valence electrons. The summed E-state index contributed by atoms with van der Waals surface area (Å²) in [6, 6.07) is 46.5. The van der Waals surface area contributed by atoms with Gasteiger partial charge in [-0.2, -0.15) is 5.26 Å². The molecule has 0 fully saturated rings. The third-order valence-electron chi connectivity index (χ3n) is 8.34. The van der Waals surface area contributed by atoms with Crippen molar-refractivity contribution < 1.29 is 4.42 Å². The molecule has 9 aromatic rings. The fraction of sp³-hybridized carbons (Fsp3) is 0. The molecule has 4 nitrogen and oxygen atoms in total. The van der Waals surface area contributed by atoms with E-state index < -0.39 is 0 Å². The third kappa shape index (κ3) is 2.98. The second kappa shape index (κ2) is 8.11. The average Bonchev–Trinajstić information content (AvgIpc) is 3.68. The molecule has 0 radical (unpaired) electrons. The number of rotatable bonds is 2. The van der Waals surface area contributed by atoms with E-state index in [0.717, 1.165) is 55.1 Å². The molecule has 0 aliphatic rings. The largest absolute Gasteiger partial charge is 0.456 e. The van der Waals surface area contributed by atoms with Crippen molar-refractivity contribution in [3.8, 4) is 17.4 Å². The van der Waals surface area contributed by atoms with Gasteiger partial charge in [0.2, 0.25) is 0 Å². The fourth-order valence-electron chi connectivity index (χ4n) is 6.62. The molecule has 0 amide bonds. The summed E-state index contributed by atoms with van der Waals surface area (Å²) >= 11 is 0. The Morgan fingerprint density at radius 2 is 1.12 bits per heavy atom. The second-order valence-electron chi connectivity index (χ2n) is 10.5. The number of nitrogens with zero attached hydrogens (tertiary/aromatic N) is 3. The van der Waals surface area contributed by atoms with Crippen molar-refractivity contribution in [3.63, 3.8) is 0 Å². The Hall–Kier alpha value is -5.79. The van der Waals surface area contributed by atoms with Gasteiger partial charge in [-0.1, -0.05) is 60.7 Å². The highest BCUT2D eigenvalue weighted by Crippen LogP contribution is 2.40. The Morgan fingerprint density at radius 3 is 1.83 bits per heavy atom. The number of aromatic nitrogens is 2. The molecule has 4 heteroatoms. The lowest BCUT2D eigenvalue weighted by atomic mass is 10.1. The van der Waals surface area contributed by atoms with E-state index in [1.807, 2.05) is 12.1 Å². The zero-order chi connectivity index (χ0) is 27.1. The first kappa shape index (κ1) is 22.1. The van der Waals surface area contributed by atoms with E-state index in [-0.39, 0.29) is 0 Å². The molecule has 0 bridgehead atoms. The van der Waals surface area contributed by atoms with Gasteiger partial charge in [0.1, 0.15) is 11.2 Å². The van der Waals surface area contributed by atoms with Crippen molar-refractivity contribution in [1.29, 1.82) is 5.26 Å². The number of benzene rings is 6. The minimum Gasteiger partial charge on any atom is -0.456 e. The smallest absolute Gasteiger partial charge is 0.137 e. The number of furan rings is 1. The number of hydrogen-bond donors (Lipinski definition) is 0. The van der Waals surface area contributed by atoms with Crippen molar-refractivity contribution in [2.24, 2.45) is 0 Å². The van der Waals surface area contributed by atoms with Crippen LogP contribution < -0.4 is 0 Å². The minimum absolute atomic E-state index is 0.660. The first-order chi connectivity index (χ1) is 20.3. The quantitative estimate of drug-likeness (QED) is 0.226. The normalized spacial score (nSPS) is 11.9. The lowest BCUT2D eigenvalue weighted by Gasteiger charge is -2.10. The summed E-state index contributed by atoms with van der Waals surface area (Å²) in [6.07, 6.45) is 0. The fourth-order valence-corrected chi connectivity index (χ4v) is 6.62. The summed E-state index contributed by atoms with van der Waals surface area (Å²) in [6.45, 7) is 0. The Balaban J connectivity index is 1.38. The van der Waals surface area contributed by atoms with Crippen molar-refractivity contribution in [2.45, 2.75) is 0 Å². The van der Waals surface area contributed by atoms with Crippen LogP contribution in [0.2, 0.25) is 0 Å². The third-order valence-corrected chi connectivity index (χ3v) is 8.34. The monoisotopic (exact) mass is 523 g/mol. The van der Waals surface area contributed by atoms with Crippen molar-refractivity contribution in [2.75, 3.05) is 0 Å². The molecule has 0 saturated heterocycles. The molecule has 0 N–H and O–H groups in total. The van der Waals surface area contributed by atoms with Crippen LogP contribution in [0.5, 0.6) is 0 Å². The first-order valence-electron chi connectivity index (χ1n) is 13.7. The topological polar surface area (TPSA) is 46.8 Å². The highest BCUT2D eigenvalue weighted by molar-refractivity contribution is 6.15. The summed E-state index contributed by atoms with van der Waals surface area (Å²) in [5.74, 6) is 0. The molecule has 41 heavy (non-hydrogen) atoms. The second-order valence-corrected chi connectivity index (χ2v) is 10.5. The van der Waals surface area contributed by atoms with Gasteiger partial charge < -0.3 is 13.6 Å². The average molecular weight is 524 g/mol. The molecule has 9 rings (SSSR count). The maximum atomic E-state index is 9.56. The molecular formula is C37H21N3O. The summed E-state index contributed by atoms with van der Waals surface area (Å²) in [5.41, 5.74) is 9.02. The Bertz CT molecular complexity index is 2500. The molecule has 3 heterocycles. The Kier molecular flexibility index (Phi) is 4.37. The summed E-state index contributed by atoms with van der Waals surface area (Å²) in [7, 11) is 0. The molecule has 0 unspecified atom stereocenters. The van der Waals surface area contributed by atoms with Gasteiger partial charge in [0.05, 0.1) is 44.8 Å². The lowest BCUT2D eigenvalue weighted by molar-refractivity contribution is 0.669. The van der Waals surface area contributed by atoms with E-state index in [2.05, 4.69) is 130 Å². The summed E-state index contributed by atoms with van der Waals surface area (Å²) in [4.78, 5) is 0. The number of para-hydroxylation sites is 3. The van der Waals surface area contributed by atoms with Crippen LogP contribution in [0.25, 0.3) is 76.9 Å². The van der Waals surface area contributed by atoms with E-state index in [1.165, 1.54) is 21.8 Å². The number of hydrogen-bond acceptors (Lipinski definition) is 2. The Labute approximate surface area is 234 Å². The zero-order valence-electron chi connectivity index (χ0n) is 21.9. The maximum absolute atomic E-state index is 9.56. The molecule has 3 aromatic heterocycles. The molecule has 0 saturated carbocycles. The summed E-state index contributed by atoms with van der Waals surface area (Å²) in [5, 5.41) is 16.4. The van der Waals surface area contributed by atoms with E-state index in [4.69, 9.17) is 4.42 Å². The van der Waals surface area contributed by atoms with Gasteiger partial charge >= 0.3 is 0 Å². The molecule has 0 aliphatic heterocycles. The van der Waals surface area contributed by atoms with Gasteiger partial charge in [0, 0.05) is 32.6 Å². The Morgan fingerprint density at radius 1 is 0.488 bits per heavy atom. The minimum atomic E-state index is 0.660. The van der Waals surface area contributed by atoms with Crippen LogP contribution >= 0.6 is 0 Å². The lowest BCUT2D eigenvalue weighted by Crippen LogP contribution is -1.95. The molecular weight excluding hydrogens is 502 g/mol. The zero-order valence-corrected chi connectivity index (χ0v) is 21.9. The van der Waals surface area contributed by atoms with Crippen LogP contribution in [0, 0.1) is 11.3 Å². The summed E-state index contributed by atoms with van der Waals surface area (Å²) < 4.78 is 11.1. The van der Waals surface area contributed by atoms with E-state index in [9.17, 15) is 5.26 Å². The van der Waals surface area contributed by atoms with Crippen LogP contribution in [-0.2, 0) is 0 Å². The molecule has 0 spiro atoms. The molecule has 6 aromatic carbocycles. The van der Waals surface area contributed by atoms with E-state index >= 15 is 0 Å². The van der Waals surface area contributed by atoms with E-state index in [0.29, 0.717) is 5.56 Å². The van der Waals surface area contributed by atoms with Crippen molar-refractivity contribution in [1.82, 2.24) is 9.13 Å². The van der Waals surface area contributed by atoms with Gasteiger partial charge in [-0.3, -0.25) is 0 Å². The predicted octanol–water partition coefficient (Wildman–Crippen LogP) is 9.65. The highest BCUT2D eigenvalue weighted by atomic mass is 16.3. The first-order valence-corrected chi connectivity index (χ1v) is 13.7. The maximum Gasteiger partial charge on any atom is 0.137 e. The predicted molar refractivity (Wildman–Crippen MR) is 167 cm³/mol. The standard InChI is InChI=1S/C37H21N3O/c38-22-23-16-18-33-28(20-23)27-10-3-4-11-30(27)39(33)24-17-19-35-29(21-24)37-34(14-7-15-36(37)41-35)40-31-12-5-1-8-25(31)26-9-2-6-13-32(26)40/h1-21H. The SMILES string of the molecule is N#Cc1ccc2c(c1)c1ccccc1n2-c1ccc2oc3cccc(-n4c5ccccc5c5ccccc54)c3c2c1. The number of fused-ring (bicyclic) bond motifs is 9. The van der Waals surface area contributed by atoms with Crippen LogP contribution in [0.1, 0.15) is 5.56 Å². The molecule has 0 aliphatic carbocycles. The van der Waals surface area contributed by atoms with Gasteiger partial charge in [-0.05, 0) is 66.7 Å². The van der Waals surface area contributed by atoms with Gasteiger partial charge in [0.15, 0.2) is 0 Å². The van der Waals surface area contributed by atoms with E-state index in [1.54, 1.807) is 0 Å². The van der Waals surface area contributed by atoms with Crippen molar-refractivity contribution >= 4 is 65.6 Å². The molecule has 0 atom stereocenters. The van der Waals surface area contributed by atoms with Crippen LogP contribution in [0.3, 0.4) is 0 Å². The van der Waals surface area contributed by atoms with Crippen LogP contribution in [0.15, 0.2) is 132 Å². The number of nitriles is 1.